The van der Waals surface area contributed by atoms with E-state index >= 15 is 0 Å². The number of ketones is 1. The minimum absolute atomic E-state index is 0.0701. The van der Waals surface area contributed by atoms with Crippen LogP contribution in [0.2, 0.25) is 0 Å². The molecule has 0 unspecified atom stereocenters. The number of rotatable bonds is 8. The number of Topliss-reactive ketones (excluding diaryl/α,β-unsaturated/α-hetero) is 1. The molecular weight excluding hydrogens is 386 g/mol. The summed E-state index contributed by atoms with van der Waals surface area (Å²) >= 11 is 1.37. The zero-order valence-electron chi connectivity index (χ0n) is 16.0. The highest BCUT2D eigenvalue weighted by Gasteiger charge is 2.21. The summed E-state index contributed by atoms with van der Waals surface area (Å²) in [6.45, 7) is 1.60. The Balaban J connectivity index is 1.64. The number of benzene rings is 2. The average Bonchev–Trinajstić information content (AvgIpc) is 3.19. The minimum Gasteiger partial charge on any atom is -0.457 e. The molecular formula is C23H21NO4S. The van der Waals surface area contributed by atoms with E-state index in [4.69, 9.17) is 4.74 Å². The van der Waals surface area contributed by atoms with Gasteiger partial charge in [-0.25, -0.2) is 0 Å². The molecule has 5 nitrogen and oxygen atoms in total. The van der Waals surface area contributed by atoms with Gasteiger partial charge >= 0.3 is 5.97 Å². The second-order valence-electron chi connectivity index (χ2n) is 6.50. The molecule has 3 aromatic rings. The molecule has 1 amide bonds. The van der Waals surface area contributed by atoms with Crippen LogP contribution < -0.4 is 5.32 Å². The standard InChI is InChI=1S/C23H21NO4S/c1-16-12-13-21(29-16)20(25)15-28-22(26)14-19(17-8-4-2-5-9-17)24-23(27)18-10-6-3-7-11-18/h2-13,19H,14-15H2,1H3,(H,24,27)/t19-/m0/s1. The molecule has 3 rings (SSSR count). The molecule has 1 atom stereocenters. The molecule has 1 N–H and O–H groups in total. The van der Waals surface area contributed by atoms with Crippen molar-refractivity contribution in [3.05, 3.63) is 93.7 Å². The SMILES string of the molecule is Cc1ccc(C(=O)COC(=O)C[C@H](NC(=O)c2ccccc2)c2ccccc2)s1. The average molecular weight is 407 g/mol. The van der Waals surface area contributed by atoms with Crippen molar-refractivity contribution >= 4 is 29.0 Å². The maximum atomic E-state index is 12.5. The van der Waals surface area contributed by atoms with E-state index < -0.39 is 12.0 Å². The summed E-state index contributed by atoms with van der Waals surface area (Å²) in [6, 6.07) is 21.0. The Labute approximate surface area is 173 Å². The van der Waals surface area contributed by atoms with Crippen molar-refractivity contribution in [1.82, 2.24) is 5.32 Å². The monoisotopic (exact) mass is 407 g/mol. The van der Waals surface area contributed by atoms with Gasteiger partial charge in [0, 0.05) is 10.4 Å². The normalized spacial score (nSPS) is 11.5. The summed E-state index contributed by atoms with van der Waals surface area (Å²) in [6.07, 6.45) is -0.0701. The van der Waals surface area contributed by atoms with E-state index in [1.54, 1.807) is 30.3 Å². The third-order valence-electron chi connectivity index (χ3n) is 4.29. The van der Waals surface area contributed by atoms with Gasteiger partial charge in [0.25, 0.3) is 5.91 Å². The second-order valence-corrected chi connectivity index (χ2v) is 7.79. The third-order valence-corrected chi connectivity index (χ3v) is 5.34. The maximum Gasteiger partial charge on any atom is 0.308 e. The van der Waals surface area contributed by atoms with Crippen LogP contribution in [0.1, 0.15) is 42.9 Å². The van der Waals surface area contributed by atoms with Gasteiger partial charge in [-0.3, -0.25) is 14.4 Å². The Morgan fingerprint density at radius 3 is 2.21 bits per heavy atom. The summed E-state index contributed by atoms with van der Waals surface area (Å²) in [5.74, 6) is -1.06. The Kier molecular flexibility index (Phi) is 6.92. The van der Waals surface area contributed by atoms with Crippen LogP contribution in [-0.4, -0.2) is 24.3 Å². The van der Waals surface area contributed by atoms with Crippen molar-refractivity contribution < 1.29 is 19.1 Å². The molecule has 0 saturated carbocycles. The Morgan fingerprint density at radius 1 is 0.931 bits per heavy atom. The van der Waals surface area contributed by atoms with E-state index in [1.165, 1.54) is 11.3 Å². The van der Waals surface area contributed by atoms with Crippen LogP contribution in [0.5, 0.6) is 0 Å². The van der Waals surface area contributed by atoms with Gasteiger partial charge in [-0.05, 0) is 36.8 Å². The third kappa shape index (κ3) is 5.86. The van der Waals surface area contributed by atoms with E-state index in [9.17, 15) is 14.4 Å². The predicted molar refractivity (Wildman–Crippen MR) is 112 cm³/mol. The number of hydrogen-bond acceptors (Lipinski definition) is 5. The fourth-order valence-electron chi connectivity index (χ4n) is 2.80. The lowest BCUT2D eigenvalue weighted by atomic mass is 10.0. The lowest BCUT2D eigenvalue weighted by Crippen LogP contribution is -2.31. The predicted octanol–water partition coefficient (Wildman–Crippen LogP) is 4.34. The molecule has 2 aromatic carbocycles. The minimum atomic E-state index is -0.560. The molecule has 0 aliphatic heterocycles. The highest BCUT2D eigenvalue weighted by molar-refractivity contribution is 7.14. The van der Waals surface area contributed by atoms with E-state index in [2.05, 4.69) is 5.32 Å². The lowest BCUT2D eigenvalue weighted by molar-refractivity contribution is -0.143. The van der Waals surface area contributed by atoms with Gasteiger partial charge in [0.1, 0.15) is 0 Å². The number of carbonyl (C=O) groups excluding carboxylic acids is 3. The van der Waals surface area contributed by atoms with Crippen molar-refractivity contribution in [1.29, 1.82) is 0 Å². The molecule has 6 heteroatoms. The van der Waals surface area contributed by atoms with Crippen molar-refractivity contribution in [3.63, 3.8) is 0 Å². The van der Waals surface area contributed by atoms with Gasteiger partial charge in [0.05, 0.1) is 17.3 Å². The lowest BCUT2D eigenvalue weighted by Gasteiger charge is -2.18. The van der Waals surface area contributed by atoms with Crippen molar-refractivity contribution in [2.75, 3.05) is 6.61 Å². The van der Waals surface area contributed by atoms with Crippen molar-refractivity contribution in [3.8, 4) is 0 Å². The van der Waals surface area contributed by atoms with Gasteiger partial charge in [0.2, 0.25) is 5.78 Å². The van der Waals surface area contributed by atoms with Crippen molar-refractivity contribution in [2.24, 2.45) is 0 Å². The molecule has 0 aliphatic rings. The summed E-state index contributed by atoms with van der Waals surface area (Å²) in [5.41, 5.74) is 1.29. The van der Waals surface area contributed by atoms with Crippen molar-refractivity contribution in [2.45, 2.75) is 19.4 Å². The van der Waals surface area contributed by atoms with E-state index in [-0.39, 0.29) is 24.7 Å². The number of ether oxygens (including phenoxy) is 1. The first-order valence-corrected chi connectivity index (χ1v) is 10.0. The van der Waals surface area contributed by atoms with Crippen LogP contribution in [0, 0.1) is 6.92 Å². The van der Waals surface area contributed by atoms with Gasteiger partial charge in [-0.15, -0.1) is 11.3 Å². The molecule has 0 radical (unpaired) electrons. The molecule has 0 saturated heterocycles. The van der Waals surface area contributed by atoms with E-state index in [1.807, 2.05) is 49.4 Å². The van der Waals surface area contributed by atoms with Crippen LogP contribution in [0.25, 0.3) is 0 Å². The summed E-state index contributed by atoms with van der Waals surface area (Å²) < 4.78 is 5.17. The fraction of sp³-hybridized carbons (Fsp3) is 0.174. The van der Waals surface area contributed by atoms with Crippen LogP contribution in [-0.2, 0) is 9.53 Å². The highest BCUT2D eigenvalue weighted by atomic mass is 32.1. The zero-order valence-corrected chi connectivity index (χ0v) is 16.8. The Bertz CT molecular complexity index is 982. The number of aryl methyl sites for hydroxylation is 1. The molecule has 0 spiro atoms. The summed E-state index contributed by atoms with van der Waals surface area (Å²) in [5, 5.41) is 2.88. The Hall–Kier alpha value is -3.25. The smallest absolute Gasteiger partial charge is 0.308 e. The molecule has 0 bridgehead atoms. The molecule has 1 aromatic heterocycles. The van der Waals surface area contributed by atoms with Gasteiger partial charge in [-0.1, -0.05) is 48.5 Å². The molecule has 0 fully saturated rings. The maximum absolute atomic E-state index is 12.5. The van der Waals surface area contributed by atoms with Gasteiger partial charge < -0.3 is 10.1 Å². The molecule has 0 aliphatic carbocycles. The van der Waals surface area contributed by atoms with Crippen LogP contribution in [0.15, 0.2) is 72.8 Å². The molecule has 1 heterocycles. The van der Waals surface area contributed by atoms with E-state index in [0.29, 0.717) is 10.4 Å². The quantitative estimate of drug-likeness (QED) is 0.445. The number of nitrogens with one attached hydrogen (secondary N) is 1. The first kappa shape index (κ1) is 20.5. The van der Waals surface area contributed by atoms with Crippen LogP contribution in [0.4, 0.5) is 0 Å². The van der Waals surface area contributed by atoms with Crippen LogP contribution >= 0.6 is 11.3 Å². The zero-order chi connectivity index (χ0) is 20.6. The first-order chi connectivity index (χ1) is 14.0. The second kappa shape index (κ2) is 9.80. The highest BCUT2D eigenvalue weighted by Crippen LogP contribution is 2.19. The molecule has 29 heavy (non-hydrogen) atoms. The topological polar surface area (TPSA) is 72.5 Å². The number of hydrogen-bond donors (Lipinski definition) is 1. The number of carbonyl (C=O) groups is 3. The van der Waals surface area contributed by atoms with Crippen LogP contribution in [0.3, 0.4) is 0 Å². The first-order valence-electron chi connectivity index (χ1n) is 9.19. The van der Waals surface area contributed by atoms with Gasteiger partial charge in [-0.2, -0.15) is 0 Å². The summed E-state index contributed by atoms with van der Waals surface area (Å²) in [4.78, 5) is 38.6. The molecule has 148 valence electrons. The van der Waals surface area contributed by atoms with E-state index in [0.717, 1.165) is 10.4 Å². The largest absolute Gasteiger partial charge is 0.457 e. The number of esters is 1. The summed E-state index contributed by atoms with van der Waals surface area (Å²) in [7, 11) is 0. The number of thiophene rings is 1. The Morgan fingerprint density at radius 2 is 1.59 bits per heavy atom. The number of amides is 1. The fourth-order valence-corrected chi connectivity index (χ4v) is 3.59. The van der Waals surface area contributed by atoms with Gasteiger partial charge in [0.15, 0.2) is 6.61 Å².